The predicted molar refractivity (Wildman–Crippen MR) is 110 cm³/mol. The monoisotopic (exact) mass is 449 g/mol. The first kappa shape index (κ1) is 23.7. The summed E-state index contributed by atoms with van der Waals surface area (Å²) in [5.41, 5.74) is 0.855. The fourth-order valence-corrected chi connectivity index (χ4v) is 2.69. The van der Waals surface area contributed by atoms with Gasteiger partial charge in [-0.25, -0.2) is 14.4 Å². The summed E-state index contributed by atoms with van der Waals surface area (Å²) in [4.78, 5) is 47.7. The fraction of sp³-hybridized carbons (Fsp3) is 0.238. The second-order valence-electron chi connectivity index (χ2n) is 6.15. The number of hydrogen-bond acceptors (Lipinski definition) is 8. The Bertz CT molecular complexity index is 1000. The van der Waals surface area contributed by atoms with E-state index in [4.69, 9.17) is 21.1 Å². The van der Waals surface area contributed by atoms with E-state index in [1.165, 1.54) is 32.4 Å². The summed E-state index contributed by atoms with van der Waals surface area (Å²) in [6.07, 6.45) is 0. The molecule has 0 aromatic heterocycles. The molecule has 0 heterocycles. The Morgan fingerprint density at radius 3 is 2.29 bits per heavy atom. The molecule has 0 atom stereocenters. The number of benzene rings is 2. The molecule has 0 aliphatic rings. The van der Waals surface area contributed by atoms with E-state index in [9.17, 15) is 19.2 Å². The highest BCUT2D eigenvalue weighted by molar-refractivity contribution is 6.30. The summed E-state index contributed by atoms with van der Waals surface area (Å²) in [6, 6.07) is 8.82. The van der Waals surface area contributed by atoms with Crippen LogP contribution in [0.5, 0.6) is 5.75 Å². The van der Waals surface area contributed by atoms with Crippen molar-refractivity contribution in [2.75, 3.05) is 32.8 Å². The number of amides is 1. The van der Waals surface area contributed by atoms with Gasteiger partial charge in [0.15, 0.2) is 13.2 Å². The molecule has 0 bridgehead atoms. The summed E-state index contributed by atoms with van der Waals surface area (Å²) in [6.45, 7) is 0.715. The molecule has 2 aromatic carbocycles. The van der Waals surface area contributed by atoms with E-state index >= 15 is 0 Å². The molecule has 31 heavy (non-hydrogen) atoms. The van der Waals surface area contributed by atoms with Crippen molar-refractivity contribution in [1.29, 1.82) is 0 Å². The van der Waals surface area contributed by atoms with Crippen LogP contribution in [-0.2, 0) is 23.8 Å². The average molecular weight is 450 g/mol. The number of rotatable bonds is 8. The number of esters is 3. The summed E-state index contributed by atoms with van der Waals surface area (Å²) in [7, 11) is 2.37. The highest BCUT2D eigenvalue weighted by atomic mass is 35.5. The predicted octanol–water partition coefficient (Wildman–Crippen LogP) is 2.78. The minimum absolute atomic E-state index is 0.00355. The number of aryl methyl sites for hydroxylation is 1. The van der Waals surface area contributed by atoms with Crippen molar-refractivity contribution in [2.24, 2.45) is 0 Å². The molecular weight excluding hydrogens is 430 g/mol. The van der Waals surface area contributed by atoms with E-state index in [2.05, 4.69) is 14.8 Å². The number of methoxy groups -OCH3 is 2. The van der Waals surface area contributed by atoms with Crippen LogP contribution < -0.4 is 10.1 Å². The lowest BCUT2D eigenvalue weighted by Crippen LogP contribution is -2.24. The van der Waals surface area contributed by atoms with Gasteiger partial charge in [-0.05, 0) is 48.9 Å². The quantitative estimate of drug-likeness (QED) is 0.483. The van der Waals surface area contributed by atoms with Crippen LogP contribution in [0.1, 0.15) is 26.3 Å². The first-order valence-corrected chi connectivity index (χ1v) is 9.28. The first-order valence-electron chi connectivity index (χ1n) is 8.90. The number of halogens is 1. The maximum absolute atomic E-state index is 12.2. The Hall–Kier alpha value is -3.59. The van der Waals surface area contributed by atoms with Crippen molar-refractivity contribution in [3.05, 3.63) is 58.1 Å². The summed E-state index contributed by atoms with van der Waals surface area (Å²) >= 11 is 5.86. The Morgan fingerprint density at radius 1 is 0.935 bits per heavy atom. The summed E-state index contributed by atoms with van der Waals surface area (Å²) in [5.74, 6) is -2.44. The lowest BCUT2D eigenvalue weighted by atomic mass is 10.1. The van der Waals surface area contributed by atoms with E-state index < -0.39 is 37.0 Å². The normalized spacial score (nSPS) is 10.1. The van der Waals surface area contributed by atoms with Gasteiger partial charge in [0.1, 0.15) is 5.75 Å². The van der Waals surface area contributed by atoms with Gasteiger partial charge < -0.3 is 24.3 Å². The van der Waals surface area contributed by atoms with E-state index in [-0.39, 0.29) is 16.8 Å². The maximum atomic E-state index is 12.2. The van der Waals surface area contributed by atoms with Gasteiger partial charge in [0.25, 0.3) is 5.91 Å². The summed E-state index contributed by atoms with van der Waals surface area (Å²) < 4.78 is 19.5. The number of anilines is 1. The van der Waals surface area contributed by atoms with E-state index in [1.807, 2.05) is 0 Å². The van der Waals surface area contributed by atoms with E-state index in [0.717, 1.165) is 5.56 Å². The Labute approximate surface area is 183 Å². The molecule has 164 valence electrons. The fourth-order valence-electron chi connectivity index (χ4n) is 2.47. The third-order valence-electron chi connectivity index (χ3n) is 3.97. The SMILES string of the molecule is COC(=O)c1ccc(C(=O)OC)c(NC(=O)COC(=O)COc2ccc(Cl)cc2C)c1. The van der Waals surface area contributed by atoms with Gasteiger partial charge in [0, 0.05) is 5.02 Å². The minimum Gasteiger partial charge on any atom is -0.482 e. The van der Waals surface area contributed by atoms with Crippen LogP contribution in [0.15, 0.2) is 36.4 Å². The molecule has 1 N–H and O–H groups in total. The van der Waals surface area contributed by atoms with Crippen LogP contribution in [0, 0.1) is 6.92 Å². The molecular formula is C21H20ClNO8. The lowest BCUT2D eigenvalue weighted by molar-refractivity contribution is -0.149. The molecule has 0 radical (unpaired) electrons. The van der Waals surface area contributed by atoms with Crippen molar-refractivity contribution in [2.45, 2.75) is 6.92 Å². The van der Waals surface area contributed by atoms with Gasteiger partial charge >= 0.3 is 17.9 Å². The van der Waals surface area contributed by atoms with Gasteiger partial charge in [-0.1, -0.05) is 11.6 Å². The molecule has 0 unspecified atom stereocenters. The third-order valence-corrected chi connectivity index (χ3v) is 4.20. The molecule has 0 saturated carbocycles. The molecule has 10 heteroatoms. The standard InChI is InChI=1S/C21H20ClNO8/c1-12-8-14(22)5-7-17(12)30-11-19(25)31-10-18(24)23-16-9-13(20(26)28-2)4-6-15(16)21(27)29-3/h4-9H,10-11H2,1-3H3,(H,23,24). The van der Waals surface area contributed by atoms with Crippen molar-refractivity contribution in [3.8, 4) is 5.75 Å². The number of carbonyl (C=O) groups is 4. The van der Waals surface area contributed by atoms with Crippen molar-refractivity contribution in [1.82, 2.24) is 0 Å². The minimum atomic E-state index is -0.777. The second-order valence-corrected chi connectivity index (χ2v) is 6.59. The largest absolute Gasteiger partial charge is 0.482 e. The zero-order valence-electron chi connectivity index (χ0n) is 17.0. The molecule has 2 rings (SSSR count). The Balaban J connectivity index is 1.97. The van der Waals surface area contributed by atoms with Crippen LogP contribution in [0.3, 0.4) is 0 Å². The molecule has 9 nitrogen and oxygen atoms in total. The highest BCUT2D eigenvalue weighted by Gasteiger charge is 2.18. The number of hydrogen-bond donors (Lipinski definition) is 1. The number of nitrogens with one attached hydrogen (secondary N) is 1. The van der Waals surface area contributed by atoms with Crippen molar-refractivity contribution in [3.63, 3.8) is 0 Å². The molecule has 0 aliphatic heterocycles. The number of carbonyl (C=O) groups excluding carboxylic acids is 4. The second kappa shape index (κ2) is 11.0. The van der Waals surface area contributed by atoms with E-state index in [0.29, 0.717) is 10.8 Å². The van der Waals surface area contributed by atoms with Crippen LogP contribution in [0.4, 0.5) is 5.69 Å². The van der Waals surface area contributed by atoms with Crippen LogP contribution in [0.2, 0.25) is 5.02 Å². The molecule has 0 aliphatic carbocycles. The van der Waals surface area contributed by atoms with Gasteiger partial charge in [-0.15, -0.1) is 0 Å². The smallest absolute Gasteiger partial charge is 0.344 e. The van der Waals surface area contributed by atoms with Crippen molar-refractivity contribution < 1.29 is 38.1 Å². The lowest BCUT2D eigenvalue weighted by Gasteiger charge is -2.12. The van der Waals surface area contributed by atoms with Gasteiger partial charge in [-0.2, -0.15) is 0 Å². The van der Waals surface area contributed by atoms with Crippen molar-refractivity contribution >= 4 is 41.1 Å². The van der Waals surface area contributed by atoms with Gasteiger partial charge in [0.05, 0.1) is 31.0 Å². The molecule has 0 saturated heterocycles. The van der Waals surface area contributed by atoms with Crippen LogP contribution in [0.25, 0.3) is 0 Å². The zero-order chi connectivity index (χ0) is 23.0. The first-order chi connectivity index (χ1) is 14.7. The van der Waals surface area contributed by atoms with Crippen LogP contribution in [-0.4, -0.2) is 51.2 Å². The maximum Gasteiger partial charge on any atom is 0.344 e. The molecule has 0 spiro atoms. The van der Waals surface area contributed by atoms with Gasteiger partial charge in [0.2, 0.25) is 0 Å². The summed E-state index contributed by atoms with van der Waals surface area (Å²) in [5, 5.41) is 2.94. The van der Waals surface area contributed by atoms with Gasteiger partial charge in [-0.3, -0.25) is 4.79 Å². The molecule has 2 aromatic rings. The van der Waals surface area contributed by atoms with Crippen LogP contribution >= 0.6 is 11.6 Å². The topological polar surface area (TPSA) is 117 Å². The molecule has 0 fully saturated rings. The Kier molecular flexibility index (Phi) is 8.39. The highest BCUT2D eigenvalue weighted by Crippen LogP contribution is 2.22. The van der Waals surface area contributed by atoms with E-state index in [1.54, 1.807) is 25.1 Å². The Morgan fingerprint density at radius 2 is 1.65 bits per heavy atom. The molecule has 1 amide bonds. The number of ether oxygens (including phenoxy) is 4. The third kappa shape index (κ3) is 6.71. The average Bonchev–Trinajstić information content (AvgIpc) is 2.75. The zero-order valence-corrected chi connectivity index (χ0v) is 17.8.